The van der Waals surface area contributed by atoms with Crippen LogP contribution in [-0.2, 0) is 4.79 Å². The van der Waals surface area contributed by atoms with Crippen LogP contribution in [0.2, 0.25) is 0 Å². The zero-order valence-corrected chi connectivity index (χ0v) is 18.3. The van der Waals surface area contributed by atoms with Crippen molar-refractivity contribution in [1.82, 2.24) is 5.32 Å². The maximum absolute atomic E-state index is 12.8. The van der Waals surface area contributed by atoms with E-state index in [1.54, 1.807) is 18.2 Å². The molecule has 1 aliphatic heterocycles. The van der Waals surface area contributed by atoms with Gasteiger partial charge >= 0.3 is 11.9 Å². The molecule has 31 heavy (non-hydrogen) atoms. The van der Waals surface area contributed by atoms with Crippen LogP contribution in [0.4, 0.5) is 0 Å². The Balaban J connectivity index is 1.83. The molecule has 0 spiro atoms. The molecular weight excluding hydrogens is 426 g/mol. The summed E-state index contributed by atoms with van der Waals surface area (Å²) in [7, 11) is 5.85. The lowest BCUT2D eigenvalue weighted by Crippen LogP contribution is -2.33. The lowest BCUT2D eigenvalue weighted by molar-refractivity contribution is -0.138. The van der Waals surface area contributed by atoms with E-state index < -0.39 is 18.0 Å². The highest BCUT2D eigenvalue weighted by molar-refractivity contribution is 7.99. The number of methoxy groups -OCH3 is 4. The van der Waals surface area contributed by atoms with E-state index in [2.05, 4.69) is 5.32 Å². The van der Waals surface area contributed by atoms with E-state index >= 15 is 0 Å². The third-order valence-electron chi connectivity index (χ3n) is 4.67. The van der Waals surface area contributed by atoms with Crippen LogP contribution in [-0.4, -0.2) is 57.3 Å². The van der Waals surface area contributed by atoms with Crippen molar-refractivity contribution in [3.05, 3.63) is 41.5 Å². The van der Waals surface area contributed by atoms with E-state index in [9.17, 15) is 9.59 Å². The predicted molar refractivity (Wildman–Crippen MR) is 114 cm³/mol. The number of nitrogens with one attached hydrogen (secondary N) is 1. The van der Waals surface area contributed by atoms with Gasteiger partial charge in [-0.15, -0.1) is 11.8 Å². The molecule has 2 atom stereocenters. The van der Waals surface area contributed by atoms with E-state index in [1.165, 1.54) is 52.3 Å². The minimum absolute atomic E-state index is 0.199. The van der Waals surface area contributed by atoms with Crippen molar-refractivity contribution in [2.24, 2.45) is 0 Å². The molecule has 3 rings (SSSR count). The summed E-state index contributed by atoms with van der Waals surface area (Å²) in [5.41, 5.74) is 1.02. The monoisotopic (exact) mass is 449 g/mol. The standard InChI is InChI=1S/C21H23NO8S/c1-26-15-7-11(19-22-13(10-31-19)20(23)24)5-6-14(15)30-21(25)12-8-16(27-2)18(29-4)17(9-12)28-3/h5-9,13,19,22H,10H2,1-4H3,(H,23,24)/t13-,19+/m0/s1. The Morgan fingerprint density at radius 2 is 1.58 bits per heavy atom. The average Bonchev–Trinajstić information content (AvgIpc) is 3.28. The van der Waals surface area contributed by atoms with Gasteiger partial charge in [0.2, 0.25) is 5.75 Å². The number of aliphatic carboxylic acids is 1. The highest BCUT2D eigenvalue weighted by atomic mass is 32.2. The number of ether oxygens (including phenoxy) is 5. The number of carboxylic acid groups (broad SMARTS) is 1. The summed E-state index contributed by atoms with van der Waals surface area (Å²) in [6.45, 7) is 0. The smallest absolute Gasteiger partial charge is 0.343 e. The molecule has 1 aliphatic rings. The first kappa shape index (κ1) is 22.6. The van der Waals surface area contributed by atoms with Gasteiger partial charge in [0.1, 0.15) is 6.04 Å². The normalized spacial score (nSPS) is 17.7. The second kappa shape index (κ2) is 9.80. The van der Waals surface area contributed by atoms with Crippen LogP contribution in [0.25, 0.3) is 0 Å². The minimum atomic E-state index is -0.891. The van der Waals surface area contributed by atoms with Crippen molar-refractivity contribution in [2.75, 3.05) is 34.2 Å². The summed E-state index contributed by atoms with van der Waals surface area (Å²) in [4.78, 5) is 23.9. The topological polar surface area (TPSA) is 113 Å². The zero-order valence-electron chi connectivity index (χ0n) is 17.5. The molecule has 0 amide bonds. The van der Waals surface area contributed by atoms with Gasteiger partial charge in [-0.05, 0) is 29.8 Å². The summed E-state index contributed by atoms with van der Waals surface area (Å²) >= 11 is 1.48. The molecule has 0 unspecified atom stereocenters. The van der Waals surface area contributed by atoms with Crippen LogP contribution >= 0.6 is 11.8 Å². The fourth-order valence-electron chi connectivity index (χ4n) is 3.10. The second-order valence-electron chi connectivity index (χ2n) is 6.48. The van der Waals surface area contributed by atoms with Gasteiger partial charge in [0.15, 0.2) is 23.0 Å². The Morgan fingerprint density at radius 1 is 0.935 bits per heavy atom. The first-order valence-electron chi connectivity index (χ1n) is 9.22. The molecule has 0 saturated carbocycles. The second-order valence-corrected chi connectivity index (χ2v) is 7.62. The molecule has 0 aliphatic carbocycles. The van der Waals surface area contributed by atoms with E-state index in [-0.39, 0.29) is 16.7 Å². The highest BCUT2D eigenvalue weighted by Gasteiger charge is 2.31. The number of hydrogen-bond donors (Lipinski definition) is 2. The number of thioether (sulfide) groups is 1. The summed E-state index contributed by atoms with van der Waals surface area (Å²) in [5.74, 6) is 0.525. The molecule has 1 fully saturated rings. The van der Waals surface area contributed by atoms with Gasteiger partial charge in [0, 0.05) is 5.75 Å². The molecule has 2 N–H and O–H groups in total. The van der Waals surface area contributed by atoms with Crippen molar-refractivity contribution < 1.29 is 38.4 Å². The maximum atomic E-state index is 12.8. The summed E-state index contributed by atoms with van der Waals surface area (Å²) < 4.78 is 26.7. The molecule has 0 radical (unpaired) electrons. The predicted octanol–water partition coefficient (Wildman–Crippen LogP) is 2.73. The maximum Gasteiger partial charge on any atom is 0.343 e. The van der Waals surface area contributed by atoms with Gasteiger partial charge in [0.05, 0.1) is 39.4 Å². The molecule has 166 valence electrons. The Morgan fingerprint density at radius 3 is 2.10 bits per heavy atom. The Hall–Kier alpha value is -3.11. The molecule has 1 heterocycles. The van der Waals surface area contributed by atoms with Crippen molar-refractivity contribution >= 4 is 23.7 Å². The van der Waals surface area contributed by atoms with E-state index in [0.29, 0.717) is 28.8 Å². The third-order valence-corrected chi connectivity index (χ3v) is 5.94. The SMILES string of the molecule is COc1cc([C@@H]2N[C@H](C(=O)O)CS2)ccc1OC(=O)c1cc(OC)c(OC)c(OC)c1. The highest BCUT2D eigenvalue weighted by Crippen LogP contribution is 2.40. The van der Waals surface area contributed by atoms with Gasteiger partial charge in [0.25, 0.3) is 0 Å². The number of carbonyl (C=O) groups excluding carboxylic acids is 1. The van der Waals surface area contributed by atoms with Crippen LogP contribution in [0, 0.1) is 0 Å². The van der Waals surface area contributed by atoms with Gasteiger partial charge in [-0.25, -0.2) is 4.79 Å². The molecular formula is C21H23NO8S. The van der Waals surface area contributed by atoms with Gasteiger partial charge in [-0.1, -0.05) is 6.07 Å². The lowest BCUT2D eigenvalue weighted by atomic mass is 10.1. The van der Waals surface area contributed by atoms with Crippen molar-refractivity contribution in [3.8, 4) is 28.7 Å². The number of hydrogen-bond acceptors (Lipinski definition) is 9. The molecule has 0 bridgehead atoms. The third kappa shape index (κ3) is 4.80. The average molecular weight is 449 g/mol. The summed E-state index contributed by atoms with van der Waals surface area (Å²) in [5, 5.41) is 12.0. The number of carbonyl (C=O) groups is 2. The lowest BCUT2D eigenvalue weighted by Gasteiger charge is -2.16. The van der Waals surface area contributed by atoms with Crippen LogP contribution in [0.5, 0.6) is 28.7 Å². The van der Waals surface area contributed by atoms with Crippen molar-refractivity contribution in [3.63, 3.8) is 0 Å². The fourth-order valence-corrected chi connectivity index (χ4v) is 4.32. The fraction of sp³-hybridized carbons (Fsp3) is 0.333. The molecule has 9 nitrogen and oxygen atoms in total. The van der Waals surface area contributed by atoms with E-state index in [1.807, 2.05) is 0 Å². The van der Waals surface area contributed by atoms with Crippen LogP contribution in [0.1, 0.15) is 21.3 Å². The molecule has 0 aromatic heterocycles. The van der Waals surface area contributed by atoms with Gasteiger partial charge < -0.3 is 28.8 Å². The number of esters is 1. The van der Waals surface area contributed by atoms with Crippen molar-refractivity contribution in [2.45, 2.75) is 11.4 Å². The van der Waals surface area contributed by atoms with E-state index in [4.69, 9.17) is 28.8 Å². The zero-order chi connectivity index (χ0) is 22.5. The number of benzene rings is 2. The Bertz CT molecular complexity index is 955. The minimum Gasteiger partial charge on any atom is -0.493 e. The summed E-state index contributed by atoms with van der Waals surface area (Å²) in [6.07, 6.45) is 0. The van der Waals surface area contributed by atoms with Crippen LogP contribution in [0.15, 0.2) is 30.3 Å². The molecule has 10 heteroatoms. The van der Waals surface area contributed by atoms with Gasteiger partial charge in [-0.2, -0.15) is 0 Å². The van der Waals surface area contributed by atoms with E-state index in [0.717, 1.165) is 5.56 Å². The summed E-state index contributed by atoms with van der Waals surface area (Å²) in [6, 6.07) is 7.46. The number of carboxylic acids is 1. The molecule has 2 aromatic carbocycles. The molecule has 2 aromatic rings. The van der Waals surface area contributed by atoms with Crippen molar-refractivity contribution in [1.29, 1.82) is 0 Å². The van der Waals surface area contributed by atoms with Crippen LogP contribution < -0.4 is 29.0 Å². The molecule has 1 saturated heterocycles. The Kier molecular flexibility index (Phi) is 7.13. The first-order chi connectivity index (χ1) is 14.9. The van der Waals surface area contributed by atoms with Crippen LogP contribution in [0.3, 0.4) is 0 Å². The number of rotatable bonds is 8. The Labute approximate surface area is 183 Å². The van der Waals surface area contributed by atoms with Gasteiger partial charge in [-0.3, -0.25) is 10.1 Å². The first-order valence-corrected chi connectivity index (χ1v) is 10.3. The largest absolute Gasteiger partial charge is 0.493 e. The quantitative estimate of drug-likeness (QED) is 0.461.